The molecule has 0 radical (unpaired) electrons. The Balaban J connectivity index is 1.62. The number of carbonyl (C=O) groups excluding carboxylic acids is 2. The molecule has 2 aliphatic rings. The molecule has 4 rings (SSSR count). The smallest absolute Gasteiger partial charge is 0.250 e. The Morgan fingerprint density at radius 2 is 1.54 bits per heavy atom. The summed E-state index contributed by atoms with van der Waals surface area (Å²) in [6, 6.07) is 13.5. The standard InChI is InChI=1S/C28H38N4O4S/c1-6-29(7-2)25(33)19-30-20-32(24-11-9-8-10-12-24)28(27(30)34)13-15-31(16-14-28)37(35,36)26-22(4)17-21(3)18-23(26)5/h8-12,17-18H,6-7,13-16,19-20H2,1-5H3. The van der Waals surface area contributed by atoms with Gasteiger partial charge in [-0.1, -0.05) is 35.9 Å². The molecule has 2 saturated heterocycles. The Labute approximate surface area is 220 Å². The topological polar surface area (TPSA) is 81.2 Å². The van der Waals surface area contributed by atoms with Crippen molar-refractivity contribution < 1.29 is 18.0 Å². The molecule has 0 bridgehead atoms. The highest BCUT2D eigenvalue weighted by molar-refractivity contribution is 7.89. The summed E-state index contributed by atoms with van der Waals surface area (Å²) in [6.45, 7) is 11.5. The molecular formula is C28H38N4O4S. The predicted molar refractivity (Wildman–Crippen MR) is 145 cm³/mol. The quantitative estimate of drug-likeness (QED) is 0.553. The van der Waals surface area contributed by atoms with Crippen LogP contribution >= 0.6 is 0 Å². The molecule has 2 aromatic carbocycles. The Kier molecular flexibility index (Phi) is 7.67. The van der Waals surface area contributed by atoms with E-state index in [1.54, 1.807) is 9.80 Å². The van der Waals surface area contributed by atoms with E-state index in [1.807, 2.05) is 77.1 Å². The molecule has 0 saturated carbocycles. The number of benzene rings is 2. The molecule has 8 nitrogen and oxygen atoms in total. The van der Waals surface area contributed by atoms with Crippen LogP contribution in [0.4, 0.5) is 5.69 Å². The number of likely N-dealkylation sites (N-methyl/N-ethyl adjacent to an activating group) is 1. The highest BCUT2D eigenvalue weighted by atomic mass is 32.2. The minimum atomic E-state index is -3.71. The van der Waals surface area contributed by atoms with E-state index in [1.165, 1.54) is 4.31 Å². The minimum Gasteiger partial charge on any atom is -0.342 e. The lowest BCUT2D eigenvalue weighted by Gasteiger charge is -2.43. The zero-order valence-corrected chi connectivity index (χ0v) is 23.3. The van der Waals surface area contributed by atoms with Gasteiger partial charge in [0.25, 0.3) is 0 Å². The van der Waals surface area contributed by atoms with Gasteiger partial charge in [0.05, 0.1) is 11.6 Å². The first-order chi connectivity index (χ1) is 17.5. The number of aryl methyl sites for hydroxylation is 3. The highest BCUT2D eigenvalue weighted by Gasteiger charge is 2.55. The van der Waals surface area contributed by atoms with Crippen molar-refractivity contribution in [2.75, 3.05) is 44.3 Å². The number of amides is 2. The van der Waals surface area contributed by atoms with Crippen molar-refractivity contribution in [3.05, 3.63) is 59.2 Å². The molecule has 1 spiro atoms. The van der Waals surface area contributed by atoms with Gasteiger partial charge in [0.2, 0.25) is 21.8 Å². The molecule has 0 N–H and O–H groups in total. The summed E-state index contributed by atoms with van der Waals surface area (Å²) < 4.78 is 28.9. The van der Waals surface area contributed by atoms with Crippen molar-refractivity contribution in [1.29, 1.82) is 0 Å². The molecule has 2 aliphatic heterocycles. The molecule has 0 atom stereocenters. The van der Waals surface area contributed by atoms with Crippen LogP contribution in [0.2, 0.25) is 0 Å². The molecule has 0 aliphatic carbocycles. The monoisotopic (exact) mass is 526 g/mol. The Hall–Kier alpha value is -2.91. The number of hydrogen-bond acceptors (Lipinski definition) is 5. The first kappa shape index (κ1) is 27.1. The number of nitrogens with zero attached hydrogens (tertiary/aromatic N) is 4. The fourth-order valence-corrected chi connectivity index (χ4v) is 7.81. The molecule has 37 heavy (non-hydrogen) atoms. The van der Waals surface area contributed by atoms with Gasteiger partial charge in [0.15, 0.2) is 0 Å². The van der Waals surface area contributed by atoms with Gasteiger partial charge in [-0.3, -0.25) is 9.59 Å². The van der Waals surface area contributed by atoms with E-state index in [4.69, 9.17) is 0 Å². The fourth-order valence-electron chi connectivity index (χ4n) is 5.96. The van der Waals surface area contributed by atoms with Gasteiger partial charge in [-0.2, -0.15) is 4.31 Å². The van der Waals surface area contributed by atoms with Crippen LogP contribution in [-0.2, 0) is 19.6 Å². The summed E-state index contributed by atoms with van der Waals surface area (Å²) in [6.07, 6.45) is 0.722. The molecule has 0 aromatic heterocycles. The van der Waals surface area contributed by atoms with E-state index < -0.39 is 15.6 Å². The average molecular weight is 527 g/mol. The van der Waals surface area contributed by atoms with Crippen LogP contribution in [0.1, 0.15) is 43.4 Å². The normalized spacial score (nSPS) is 18.0. The molecule has 2 heterocycles. The second-order valence-electron chi connectivity index (χ2n) is 10.1. The number of hydrogen-bond donors (Lipinski definition) is 0. The van der Waals surface area contributed by atoms with Crippen molar-refractivity contribution in [2.45, 2.75) is 57.9 Å². The molecule has 200 valence electrons. The van der Waals surface area contributed by atoms with Gasteiger partial charge in [-0.25, -0.2) is 8.42 Å². The number of piperidine rings is 1. The third-order valence-corrected chi connectivity index (χ3v) is 9.98. The Morgan fingerprint density at radius 3 is 2.08 bits per heavy atom. The summed E-state index contributed by atoms with van der Waals surface area (Å²) in [5.74, 6) is -0.176. The molecule has 2 amide bonds. The molecule has 2 fully saturated rings. The fraction of sp³-hybridized carbons (Fsp3) is 0.500. The number of sulfonamides is 1. The number of rotatable bonds is 7. The van der Waals surface area contributed by atoms with Crippen LogP contribution in [0, 0.1) is 20.8 Å². The molecule has 0 unspecified atom stereocenters. The molecule has 2 aromatic rings. The lowest BCUT2D eigenvalue weighted by atomic mass is 9.86. The number of carbonyl (C=O) groups is 2. The van der Waals surface area contributed by atoms with Crippen LogP contribution < -0.4 is 4.90 Å². The van der Waals surface area contributed by atoms with E-state index in [-0.39, 0.29) is 31.4 Å². The zero-order valence-electron chi connectivity index (χ0n) is 22.5. The van der Waals surface area contributed by atoms with Gasteiger partial charge in [-0.05, 0) is 70.7 Å². The van der Waals surface area contributed by atoms with Gasteiger partial charge in [-0.15, -0.1) is 0 Å². The second-order valence-corrected chi connectivity index (χ2v) is 12.0. The van der Waals surface area contributed by atoms with Crippen LogP contribution in [0.15, 0.2) is 47.4 Å². The van der Waals surface area contributed by atoms with Crippen molar-refractivity contribution in [3.63, 3.8) is 0 Å². The summed E-state index contributed by atoms with van der Waals surface area (Å²) in [4.78, 5) is 32.6. The first-order valence-corrected chi connectivity index (χ1v) is 14.5. The first-order valence-electron chi connectivity index (χ1n) is 13.0. The summed E-state index contributed by atoms with van der Waals surface area (Å²) in [5.41, 5.74) is 2.52. The maximum atomic E-state index is 13.9. The maximum Gasteiger partial charge on any atom is 0.250 e. The van der Waals surface area contributed by atoms with Crippen LogP contribution in [-0.4, -0.2) is 79.3 Å². The van der Waals surface area contributed by atoms with E-state index in [9.17, 15) is 18.0 Å². The lowest BCUT2D eigenvalue weighted by Crippen LogP contribution is -2.57. The van der Waals surface area contributed by atoms with Crippen molar-refractivity contribution in [2.24, 2.45) is 0 Å². The zero-order chi connectivity index (χ0) is 27.0. The highest BCUT2D eigenvalue weighted by Crippen LogP contribution is 2.41. The van der Waals surface area contributed by atoms with Gasteiger partial charge in [0, 0.05) is 31.9 Å². The maximum absolute atomic E-state index is 13.9. The van der Waals surface area contributed by atoms with Gasteiger partial charge >= 0.3 is 0 Å². The van der Waals surface area contributed by atoms with E-state index in [0.717, 1.165) is 22.4 Å². The van der Waals surface area contributed by atoms with Crippen LogP contribution in [0.5, 0.6) is 0 Å². The lowest BCUT2D eigenvalue weighted by molar-refractivity contribution is -0.140. The largest absolute Gasteiger partial charge is 0.342 e. The van der Waals surface area contributed by atoms with Gasteiger partial charge in [0.1, 0.15) is 12.1 Å². The average Bonchev–Trinajstić information content (AvgIpc) is 3.11. The van der Waals surface area contributed by atoms with Gasteiger partial charge < -0.3 is 14.7 Å². The number of para-hydroxylation sites is 1. The summed E-state index contributed by atoms with van der Waals surface area (Å²) in [7, 11) is -3.71. The predicted octanol–water partition coefficient (Wildman–Crippen LogP) is 3.31. The van der Waals surface area contributed by atoms with E-state index in [2.05, 4.69) is 4.90 Å². The van der Waals surface area contributed by atoms with Crippen LogP contribution in [0.25, 0.3) is 0 Å². The summed E-state index contributed by atoms with van der Waals surface area (Å²) in [5, 5.41) is 0. The third kappa shape index (κ3) is 4.86. The van der Waals surface area contributed by atoms with Crippen molar-refractivity contribution in [1.82, 2.24) is 14.1 Å². The number of anilines is 1. The van der Waals surface area contributed by atoms with Crippen molar-refractivity contribution >= 4 is 27.5 Å². The van der Waals surface area contributed by atoms with Crippen molar-refractivity contribution in [3.8, 4) is 0 Å². The molecule has 9 heteroatoms. The third-order valence-electron chi connectivity index (χ3n) is 7.78. The summed E-state index contributed by atoms with van der Waals surface area (Å²) >= 11 is 0. The minimum absolute atomic E-state index is 0.0232. The van der Waals surface area contributed by atoms with E-state index >= 15 is 0 Å². The van der Waals surface area contributed by atoms with Crippen LogP contribution in [0.3, 0.4) is 0 Å². The Bertz CT molecular complexity index is 1240. The van der Waals surface area contributed by atoms with E-state index in [0.29, 0.717) is 37.5 Å². The SMILES string of the molecule is CCN(CC)C(=O)CN1CN(c2ccccc2)C2(CCN(S(=O)(=O)c3c(C)cc(C)cc3C)CC2)C1=O. The second kappa shape index (κ2) is 10.5. The Morgan fingerprint density at radius 1 is 0.973 bits per heavy atom. The molecular weight excluding hydrogens is 488 g/mol.